The number of hydrogen-bond acceptors (Lipinski definition) is 2. The molecule has 0 aromatic carbocycles. The summed E-state index contributed by atoms with van der Waals surface area (Å²) in [4.78, 5) is 17.2. The molecule has 0 aromatic rings. The number of rotatable bonds is 3. The number of amides is 2. The number of carbonyl (C=O) groups is 1. The molecule has 4 heteroatoms. The molecule has 0 radical (unpaired) electrons. The van der Waals surface area contributed by atoms with E-state index in [1.807, 2.05) is 0 Å². The minimum Gasteiger partial charge on any atom is -0.385 e. The van der Waals surface area contributed by atoms with E-state index in [4.69, 9.17) is 5.73 Å². The molecule has 2 N–H and O–H groups in total. The summed E-state index contributed by atoms with van der Waals surface area (Å²) >= 11 is 0. The first-order valence-electron chi connectivity index (χ1n) is 5.64. The maximum absolute atomic E-state index is 11.6. The number of amidine groups is 1. The lowest BCUT2D eigenvalue weighted by atomic mass is 9.86. The van der Waals surface area contributed by atoms with Crippen molar-refractivity contribution < 1.29 is 4.79 Å². The highest BCUT2D eigenvalue weighted by Gasteiger charge is 2.37. The van der Waals surface area contributed by atoms with E-state index < -0.39 is 0 Å². The van der Waals surface area contributed by atoms with Gasteiger partial charge < -0.3 is 10.6 Å². The quantitative estimate of drug-likeness (QED) is 0.734. The average Bonchev–Trinajstić information content (AvgIpc) is 2.56. The molecule has 1 aliphatic carbocycles. The third-order valence-corrected chi connectivity index (χ3v) is 3.19. The third kappa shape index (κ3) is 1.87. The smallest absolute Gasteiger partial charge is 0.346 e. The van der Waals surface area contributed by atoms with Gasteiger partial charge in [0.2, 0.25) is 0 Å². The van der Waals surface area contributed by atoms with Crippen molar-refractivity contribution in [3.05, 3.63) is 24.8 Å². The lowest BCUT2D eigenvalue weighted by Crippen LogP contribution is -2.45. The fourth-order valence-electron chi connectivity index (χ4n) is 2.45. The van der Waals surface area contributed by atoms with E-state index in [-0.39, 0.29) is 12.1 Å². The molecule has 0 fully saturated rings. The number of urea groups is 1. The van der Waals surface area contributed by atoms with Crippen LogP contribution in [0.4, 0.5) is 4.79 Å². The zero-order chi connectivity index (χ0) is 11.5. The lowest BCUT2D eigenvalue weighted by molar-refractivity contribution is 0.194. The van der Waals surface area contributed by atoms with Crippen LogP contribution in [0.25, 0.3) is 0 Å². The van der Waals surface area contributed by atoms with Crippen molar-refractivity contribution in [1.82, 2.24) is 4.90 Å². The average molecular weight is 219 g/mol. The Morgan fingerprint density at radius 1 is 1.62 bits per heavy atom. The van der Waals surface area contributed by atoms with Gasteiger partial charge in [0.1, 0.15) is 5.84 Å². The van der Waals surface area contributed by atoms with Crippen LogP contribution in [0.15, 0.2) is 29.8 Å². The van der Waals surface area contributed by atoms with Crippen LogP contribution in [0.3, 0.4) is 0 Å². The number of allylic oxidation sites excluding steroid dienone is 2. The second-order valence-electron chi connectivity index (χ2n) is 4.25. The van der Waals surface area contributed by atoms with E-state index >= 15 is 0 Å². The van der Waals surface area contributed by atoms with Crippen LogP contribution in [0.2, 0.25) is 0 Å². The number of nitrogens with zero attached hydrogens (tertiary/aromatic N) is 2. The van der Waals surface area contributed by atoms with E-state index in [0.717, 1.165) is 19.3 Å². The molecule has 86 valence electrons. The van der Waals surface area contributed by atoms with Gasteiger partial charge >= 0.3 is 6.03 Å². The van der Waals surface area contributed by atoms with Gasteiger partial charge in [-0.05, 0) is 25.2 Å². The second-order valence-corrected chi connectivity index (χ2v) is 4.25. The first kappa shape index (κ1) is 10.9. The largest absolute Gasteiger partial charge is 0.385 e. The number of aliphatic imine (C=N–C) groups is 1. The predicted molar refractivity (Wildman–Crippen MR) is 64.2 cm³/mol. The fourth-order valence-corrected chi connectivity index (χ4v) is 2.45. The van der Waals surface area contributed by atoms with Crippen LogP contribution >= 0.6 is 0 Å². The van der Waals surface area contributed by atoms with Gasteiger partial charge in [0.05, 0.1) is 6.04 Å². The summed E-state index contributed by atoms with van der Waals surface area (Å²) < 4.78 is 0. The Hall–Kier alpha value is -1.58. The summed E-state index contributed by atoms with van der Waals surface area (Å²) in [7, 11) is 0. The monoisotopic (exact) mass is 219 g/mol. The Morgan fingerprint density at radius 3 is 3.06 bits per heavy atom. The highest BCUT2D eigenvalue weighted by Crippen LogP contribution is 2.28. The summed E-state index contributed by atoms with van der Waals surface area (Å²) in [6, 6.07) is -0.257. The minimum atomic E-state index is -0.225. The Bertz CT molecular complexity index is 359. The Balaban J connectivity index is 2.16. The Kier molecular flexibility index (Phi) is 3.08. The normalized spacial score (nSPS) is 29.4. The Morgan fingerprint density at radius 2 is 2.44 bits per heavy atom. The fraction of sp³-hybridized carbons (Fsp3) is 0.500. The molecule has 1 heterocycles. The molecule has 0 saturated carbocycles. The topological polar surface area (TPSA) is 58.7 Å². The number of hydrogen-bond donors (Lipinski definition) is 1. The summed E-state index contributed by atoms with van der Waals surface area (Å²) in [5.74, 6) is 0.868. The first-order valence-corrected chi connectivity index (χ1v) is 5.64. The molecular weight excluding hydrogens is 202 g/mol. The van der Waals surface area contributed by atoms with Crippen molar-refractivity contribution in [1.29, 1.82) is 0 Å². The molecular formula is C12H17N3O. The molecule has 2 unspecified atom stereocenters. The molecule has 16 heavy (non-hydrogen) atoms. The number of nitrogens with two attached hydrogens (primary N) is 1. The number of carbonyl (C=O) groups excluding carboxylic acids is 1. The van der Waals surface area contributed by atoms with Gasteiger partial charge in [-0.1, -0.05) is 18.2 Å². The maximum atomic E-state index is 11.6. The molecule has 2 aliphatic rings. The van der Waals surface area contributed by atoms with Crippen LogP contribution in [0.5, 0.6) is 0 Å². The van der Waals surface area contributed by atoms with Gasteiger partial charge in [-0.2, -0.15) is 4.99 Å². The van der Waals surface area contributed by atoms with Crippen LogP contribution in [-0.4, -0.2) is 29.4 Å². The summed E-state index contributed by atoms with van der Waals surface area (Å²) in [6.45, 7) is 4.19. The van der Waals surface area contributed by atoms with E-state index in [1.54, 1.807) is 11.0 Å². The SMILES string of the molecule is C=CCN1C(=O)N=C(N)C1C1CC=CCC1. The predicted octanol–water partition coefficient (Wildman–Crippen LogP) is 1.69. The summed E-state index contributed by atoms with van der Waals surface area (Å²) in [5.41, 5.74) is 5.85. The lowest BCUT2D eigenvalue weighted by Gasteiger charge is -2.31. The highest BCUT2D eigenvalue weighted by molar-refractivity contribution is 6.03. The molecule has 0 spiro atoms. The van der Waals surface area contributed by atoms with Gasteiger partial charge in [-0.15, -0.1) is 6.58 Å². The molecule has 0 saturated heterocycles. The molecule has 4 nitrogen and oxygen atoms in total. The van der Waals surface area contributed by atoms with E-state index in [2.05, 4.69) is 23.7 Å². The van der Waals surface area contributed by atoms with Gasteiger partial charge in [0.25, 0.3) is 0 Å². The first-order chi connectivity index (χ1) is 7.74. The molecule has 0 aromatic heterocycles. The van der Waals surface area contributed by atoms with Gasteiger partial charge in [0.15, 0.2) is 0 Å². The van der Waals surface area contributed by atoms with Gasteiger partial charge in [0, 0.05) is 6.54 Å². The van der Waals surface area contributed by atoms with Crippen LogP contribution in [-0.2, 0) is 0 Å². The van der Waals surface area contributed by atoms with Crippen molar-refractivity contribution >= 4 is 11.9 Å². The van der Waals surface area contributed by atoms with Crippen molar-refractivity contribution in [3.8, 4) is 0 Å². The Labute approximate surface area is 95.5 Å². The van der Waals surface area contributed by atoms with Crippen LogP contribution in [0.1, 0.15) is 19.3 Å². The summed E-state index contributed by atoms with van der Waals surface area (Å²) in [6.07, 6.45) is 9.16. The van der Waals surface area contributed by atoms with Crippen molar-refractivity contribution in [3.63, 3.8) is 0 Å². The van der Waals surface area contributed by atoms with Gasteiger partial charge in [-0.25, -0.2) is 4.79 Å². The summed E-state index contributed by atoms with van der Waals surface area (Å²) in [5, 5.41) is 0. The van der Waals surface area contributed by atoms with Crippen molar-refractivity contribution in [2.24, 2.45) is 16.6 Å². The molecule has 2 atom stereocenters. The molecule has 2 amide bonds. The van der Waals surface area contributed by atoms with Gasteiger partial charge in [-0.3, -0.25) is 0 Å². The van der Waals surface area contributed by atoms with E-state index in [1.165, 1.54) is 0 Å². The highest BCUT2D eigenvalue weighted by atomic mass is 16.2. The third-order valence-electron chi connectivity index (χ3n) is 3.19. The van der Waals surface area contributed by atoms with E-state index in [0.29, 0.717) is 18.3 Å². The molecule has 1 aliphatic heterocycles. The zero-order valence-electron chi connectivity index (χ0n) is 9.30. The minimum absolute atomic E-state index is 0.0320. The molecule has 0 bridgehead atoms. The second kappa shape index (κ2) is 4.51. The zero-order valence-corrected chi connectivity index (χ0v) is 9.30. The standard InChI is InChI=1S/C12H17N3O/c1-2-8-15-10(11(13)14-12(15)16)9-6-4-3-5-7-9/h2-4,9-10H,1,5-8H2,(H2,13,14,16). The van der Waals surface area contributed by atoms with Crippen LogP contribution in [0, 0.1) is 5.92 Å². The van der Waals surface area contributed by atoms with Crippen LogP contribution < -0.4 is 5.73 Å². The van der Waals surface area contributed by atoms with E-state index in [9.17, 15) is 4.79 Å². The van der Waals surface area contributed by atoms with Crippen molar-refractivity contribution in [2.75, 3.05) is 6.54 Å². The maximum Gasteiger partial charge on any atom is 0.346 e. The molecule has 2 rings (SSSR count). The van der Waals surface area contributed by atoms with Crippen molar-refractivity contribution in [2.45, 2.75) is 25.3 Å².